The van der Waals surface area contributed by atoms with E-state index >= 15 is 0 Å². The van der Waals surface area contributed by atoms with E-state index in [1.165, 1.54) is 24.5 Å². The molecular weight excluding hydrogens is 427 g/mol. The van der Waals surface area contributed by atoms with Crippen LogP contribution >= 0.6 is 11.6 Å². The molecule has 1 saturated heterocycles. The second-order valence-corrected chi connectivity index (χ2v) is 9.65. The predicted molar refractivity (Wildman–Crippen MR) is 122 cm³/mol. The lowest BCUT2D eigenvalue weighted by Crippen LogP contribution is -2.34. The largest absolute Gasteiger partial charge is 0.357 e. The van der Waals surface area contributed by atoms with Gasteiger partial charge in [0.1, 0.15) is 17.5 Å². The Bertz CT molecular complexity index is 1170. The first-order valence-corrected chi connectivity index (χ1v) is 11.8. The number of fused-ring (bicyclic) bond motifs is 3. The van der Waals surface area contributed by atoms with Crippen LogP contribution in [0, 0.1) is 12.7 Å². The maximum Gasteiger partial charge on any atom is 0.151 e. The van der Waals surface area contributed by atoms with Gasteiger partial charge < -0.3 is 4.90 Å². The van der Waals surface area contributed by atoms with Crippen LogP contribution in [0.25, 0.3) is 5.69 Å². The highest BCUT2D eigenvalue weighted by Gasteiger charge is 2.35. The van der Waals surface area contributed by atoms with Gasteiger partial charge in [0.15, 0.2) is 5.82 Å². The first kappa shape index (κ1) is 20.1. The average molecular weight is 453 g/mol. The summed E-state index contributed by atoms with van der Waals surface area (Å²) >= 11 is 6.36. The molecule has 1 saturated carbocycles. The molecule has 166 valence electrons. The number of piperidine rings is 1. The van der Waals surface area contributed by atoms with Crippen molar-refractivity contribution < 1.29 is 4.39 Å². The number of pyridine rings is 1. The van der Waals surface area contributed by atoms with Gasteiger partial charge in [0.05, 0.1) is 17.9 Å². The molecule has 1 aromatic carbocycles. The van der Waals surface area contributed by atoms with Crippen molar-refractivity contribution in [1.82, 2.24) is 24.6 Å². The van der Waals surface area contributed by atoms with Crippen LogP contribution in [-0.2, 0) is 13.1 Å². The monoisotopic (exact) mass is 452 g/mol. The lowest BCUT2D eigenvalue weighted by Gasteiger charge is -2.32. The Morgan fingerprint density at radius 3 is 2.56 bits per heavy atom. The van der Waals surface area contributed by atoms with E-state index in [1.807, 2.05) is 6.07 Å². The predicted octanol–water partition coefficient (Wildman–Crippen LogP) is 4.63. The van der Waals surface area contributed by atoms with Crippen molar-refractivity contribution in [2.24, 2.45) is 0 Å². The van der Waals surface area contributed by atoms with Gasteiger partial charge >= 0.3 is 0 Å². The van der Waals surface area contributed by atoms with Gasteiger partial charge in [0.25, 0.3) is 0 Å². The van der Waals surface area contributed by atoms with Crippen molar-refractivity contribution in [1.29, 1.82) is 0 Å². The van der Waals surface area contributed by atoms with Crippen molar-refractivity contribution in [2.75, 3.05) is 18.0 Å². The van der Waals surface area contributed by atoms with E-state index in [0.29, 0.717) is 17.7 Å². The first-order chi connectivity index (χ1) is 15.6. The van der Waals surface area contributed by atoms with Crippen LogP contribution in [0.1, 0.15) is 54.5 Å². The van der Waals surface area contributed by atoms with Gasteiger partial charge in [-0.25, -0.2) is 9.37 Å². The van der Waals surface area contributed by atoms with Crippen LogP contribution in [0.2, 0.25) is 5.02 Å². The zero-order valence-electron chi connectivity index (χ0n) is 18.1. The summed E-state index contributed by atoms with van der Waals surface area (Å²) in [6.07, 6.45) is 4.44. The number of benzene rings is 1. The third-order valence-corrected chi connectivity index (χ3v) is 7.24. The molecule has 32 heavy (non-hydrogen) atoms. The molecule has 2 aliphatic heterocycles. The van der Waals surface area contributed by atoms with Crippen LogP contribution in [0.15, 0.2) is 30.3 Å². The Morgan fingerprint density at radius 1 is 1.00 bits per heavy atom. The number of nitrogens with zero attached hydrogens (tertiary/aromatic N) is 6. The third kappa shape index (κ3) is 3.57. The number of halogens is 2. The average Bonchev–Trinajstić information content (AvgIpc) is 3.58. The van der Waals surface area contributed by atoms with Crippen molar-refractivity contribution in [3.8, 4) is 5.69 Å². The summed E-state index contributed by atoms with van der Waals surface area (Å²) in [5.74, 6) is 2.98. The summed E-state index contributed by atoms with van der Waals surface area (Å²) in [5, 5.41) is 10.1. The van der Waals surface area contributed by atoms with E-state index in [0.717, 1.165) is 67.2 Å². The Balaban J connectivity index is 1.29. The van der Waals surface area contributed by atoms with E-state index in [-0.39, 0.29) is 5.82 Å². The molecule has 3 aromatic rings. The molecule has 0 radical (unpaired) electrons. The highest BCUT2D eigenvalue weighted by atomic mass is 35.5. The summed E-state index contributed by atoms with van der Waals surface area (Å²) in [5.41, 5.74) is 2.85. The van der Waals surface area contributed by atoms with Gasteiger partial charge in [-0.2, -0.15) is 0 Å². The van der Waals surface area contributed by atoms with Crippen molar-refractivity contribution in [3.05, 3.63) is 64.1 Å². The van der Waals surface area contributed by atoms with Crippen molar-refractivity contribution in [3.63, 3.8) is 0 Å². The Morgan fingerprint density at radius 2 is 1.81 bits per heavy atom. The quantitative estimate of drug-likeness (QED) is 0.580. The van der Waals surface area contributed by atoms with Gasteiger partial charge in [0.2, 0.25) is 0 Å². The molecule has 0 unspecified atom stereocenters. The van der Waals surface area contributed by atoms with Crippen LogP contribution in [-0.4, -0.2) is 43.8 Å². The summed E-state index contributed by atoms with van der Waals surface area (Å²) in [4.78, 5) is 9.19. The van der Waals surface area contributed by atoms with E-state index in [1.54, 1.807) is 13.0 Å². The molecule has 0 spiro atoms. The van der Waals surface area contributed by atoms with Gasteiger partial charge in [-0.15, -0.1) is 10.2 Å². The molecule has 0 amide bonds. The number of hydrogen-bond donors (Lipinski definition) is 0. The highest BCUT2D eigenvalue weighted by molar-refractivity contribution is 6.30. The zero-order valence-corrected chi connectivity index (χ0v) is 18.9. The molecule has 6 nitrogen and oxygen atoms in total. The van der Waals surface area contributed by atoms with E-state index in [2.05, 4.69) is 36.6 Å². The van der Waals surface area contributed by atoms with Crippen LogP contribution in [0.4, 0.5) is 10.2 Å². The van der Waals surface area contributed by atoms with Crippen LogP contribution in [0.3, 0.4) is 0 Å². The Kier molecular flexibility index (Phi) is 4.91. The first-order valence-electron chi connectivity index (χ1n) is 11.4. The second-order valence-electron chi connectivity index (χ2n) is 9.22. The van der Waals surface area contributed by atoms with Gasteiger partial charge in [-0.3, -0.25) is 9.47 Å². The minimum absolute atomic E-state index is 0.256. The maximum absolute atomic E-state index is 13.6. The van der Waals surface area contributed by atoms with Gasteiger partial charge in [-0.05, 0) is 68.5 Å². The third-order valence-electron chi connectivity index (χ3n) is 7.01. The lowest BCUT2D eigenvalue weighted by molar-refractivity contribution is 0.243. The van der Waals surface area contributed by atoms with E-state index < -0.39 is 0 Å². The van der Waals surface area contributed by atoms with Gasteiger partial charge in [-0.1, -0.05) is 11.6 Å². The molecule has 0 bridgehead atoms. The standard InChI is InChI=1S/C24H26ClFN6/c1-15-20(26)5-7-22(27-15)30-10-8-16(9-11-30)24-29-28-23-14-31(19-3-4-19)13-17-12-18(25)2-6-21(17)32(23)24/h2,5-7,12,16,19H,3-4,8-11,13-14H2,1H3. The molecule has 3 aliphatic rings. The summed E-state index contributed by atoms with van der Waals surface area (Å²) in [7, 11) is 0. The number of aromatic nitrogens is 4. The van der Waals surface area contributed by atoms with Crippen LogP contribution < -0.4 is 4.90 Å². The lowest BCUT2D eigenvalue weighted by atomic mass is 9.95. The molecule has 2 aromatic heterocycles. The number of hydrogen-bond acceptors (Lipinski definition) is 5. The molecule has 6 rings (SSSR count). The highest BCUT2D eigenvalue weighted by Crippen LogP contribution is 2.37. The Labute approximate surface area is 192 Å². The fraction of sp³-hybridized carbons (Fsp3) is 0.458. The Hall–Kier alpha value is -2.51. The fourth-order valence-electron chi connectivity index (χ4n) is 5.09. The smallest absolute Gasteiger partial charge is 0.151 e. The molecule has 0 atom stereocenters. The molecular formula is C24H26ClFN6. The van der Waals surface area contributed by atoms with Crippen LogP contribution in [0.5, 0.6) is 0 Å². The minimum atomic E-state index is -0.256. The minimum Gasteiger partial charge on any atom is -0.357 e. The number of anilines is 1. The molecule has 4 heterocycles. The topological polar surface area (TPSA) is 50.1 Å². The number of rotatable bonds is 3. The van der Waals surface area contributed by atoms with E-state index in [9.17, 15) is 4.39 Å². The number of aryl methyl sites for hydroxylation is 1. The second kappa shape index (κ2) is 7.81. The normalized spacial score (nSPS) is 19.5. The molecule has 8 heteroatoms. The van der Waals surface area contributed by atoms with E-state index in [4.69, 9.17) is 16.7 Å². The van der Waals surface area contributed by atoms with Crippen molar-refractivity contribution >= 4 is 17.4 Å². The molecule has 0 N–H and O–H groups in total. The van der Waals surface area contributed by atoms with Crippen molar-refractivity contribution in [2.45, 2.75) is 57.7 Å². The van der Waals surface area contributed by atoms with Gasteiger partial charge in [0, 0.05) is 36.6 Å². The summed E-state index contributed by atoms with van der Waals surface area (Å²) in [6.45, 7) is 5.17. The SMILES string of the molecule is Cc1nc(N2CCC(c3nnc4n3-c3ccc(Cl)cc3CN(C3CC3)C4)CC2)ccc1F. The summed E-state index contributed by atoms with van der Waals surface area (Å²) < 4.78 is 15.9. The maximum atomic E-state index is 13.6. The zero-order chi connectivity index (χ0) is 21.8. The summed E-state index contributed by atoms with van der Waals surface area (Å²) in [6, 6.07) is 10.1. The fourth-order valence-corrected chi connectivity index (χ4v) is 5.28. The molecule has 2 fully saturated rings. The molecule has 1 aliphatic carbocycles.